The fourth-order valence-corrected chi connectivity index (χ4v) is 3.87. The molecule has 3 heteroatoms. The number of hydrogen-bond acceptors (Lipinski definition) is 2. The predicted octanol–water partition coefficient (Wildman–Crippen LogP) is 4.86. The van der Waals surface area contributed by atoms with E-state index < -0.39 is 0 Å². The summed E-state index contributed by atoms with van der Waals surface area (Å²) in [4.78, 5) is 16.2. The minimum atomic E-state index is 0.167. The molecule has 0 N–H and O–H groups in total. The van der Waals surface area contributed by atoms with Gasteiger partial charge in [0.2, 0.25) is 0 Å². The molecule has 1 atom stereocenters. The van der Waals surface area contributed by atoms with Gasteiger partial charge in [-0.1, -0.05) is 42.8 Å². The SMILES string of the molecule is Cc1cccc(/C=C(\C(=O)N2CCC[C@@H](C)C2)c2cccs2)c1. The Morgan fingerprint density at radius 3 is 2.87 bits per heavy atom. The molecular formula is C20H23NOS. The highest BCUT2D eigenvalue weighted by Crippen LogP contribution is 2.27. The summed E-state index contributed by atoms with van der Waals surface area (Å²) in [6.45, 7) is 6.06. The molecular weight excluding hydrogens is 302 g/mol. The molecule has 1 fully saturated rings. The first-order valence-electron chi connectivity index (χ1n) is 8.25. The highest BCUT2D eigenvalue weighted by molar-refractivity contribution is 7.11. The van der Waals surface area contributed by atoms with E-state index in [0.29, 0.717) is 5.92 Å². The molecule has 2 aromatic rings. The van der Waals surface area contributed by atoms with Crippen LogP contribution in [0.25, 0.3) is 11.6 Å². The lowest BCUT2D eigenvalue weighted by molar-refractivity contribution is -0.126. The standard InChI is InChI=1S/C20H23NOS/c1-15-6-3-8-17(12-15)13-18(19-9-5-11-23-19)20(22)21-10-4-7-16(2)14-21/h3,5-6,8-9,11-13,16H,4,7,10,14H2,1-2H3/b18-13-/t16-/m1/s1. The second kappa shape index (κ2) is 7.14. The molecule has 120 valence electrons. The minimum absolute atomic E-state index is 0.167. The van der Waals surface area contributed by atoms with Crippen LogP contribution in [-0.2, 0) is 4.79 Å². The third-order valence-corrected chi connectivity index (χ3v) is 5.22. The second-order valence-corrected chi connectivity index (χ2v) is 7.40. The van der Waals surface area contributed by atoms with Crippen molar-refractivity contribution in [2.75, 3.05) is 13.1 Å². The molecule has 1 aromatic carbocycles. The number of aryl methyl sites for hydroxylation is 1. The van der Waals surface area contributed by atoms with Gasteiger partial charge in [0.05, 0.1) is 5.57 Å². The van der Waals surface area contributed by atoms with E-state index in [9.17, 15) is 4.79 Å². The van der Waals surface area contributed by atoms with Crippen molar-refractivity contribution in [1.82, 2.24) is 4.90 Å². The summed E-state index contributed by atoms with van der Waals surface area (Å²) >= 11 is 1.63. The van der Waals surface area contributed by atoms with Crippen LogP contribution in [0.15, 0.2) is 41.8 Å². The molecule has 2 nitrogen and oxygen atoms in total. The zero-order chi connectivity index (χ0) is 16.2. The fraction of sp³-hybridized carbons (Fsp3) is 0.350. The van der Waals surface area contributed by atoms with Crippen molar-refractivity contribution >= 4 is 28.9 Å². The highest BCUT2D eigenvalue weighted by Gasteiger charge is 2.24. The van der Waals surface area contributed by atoms with Crippen molar-refractivity contribution in [1.29, 1.82) is 0 Å². The van der Waals surface area contributed by atoms with Crippen LogP contribution in [0.5, 0.6) is 0 Å². The first-order chi connectivity index (χ1) is 11.1. The van der Waals surface area contributed by atoms with Gasteiger partial charge >= 0.3 is 0 Å². The molecule has 2 heterocycles. The smallest absolute Gasteiger partial charge is 0.255 e. The van der Waals surface area contributed by atoms with E-state index in [1.54, 1.807) is 11.3 Å². The number of hydrogen-bond donors (Lipinski definition) is 0. The molecule has 1 saturated heterocycles. The Morgan fingerprint density at radius 2 is 2.17 bits per heavy atom. The van der Waals surface area contributed by atoms with Gasteiger partial charge in [-0.2, -0.15) is 0 Å². The molecule has 0 aliphatic carbocycles. The third-order valence-electron chi connectivity index (χ3n) is 4.31. The van der Waals surface area contributed by atoms with Crippen molar-refractivity contribution in [3.05, 3.63) is 57.8 Å². The Bertz CT molecular complexity index is 702. The Kier molecular flexibility index (Phi) is 4.97. The number of piperidine rings is 1. The molecule has 0 bridgehead atoms. The molecule has 23 heavy (non-hydrogen) atoms. The van der Waals surface area contributed by atoms with Crippen molar-refractivity contribution < 1.29 is 4.79 Å². The quantitative estimate of drug-likeness (QED) is 0.738. The van der Waals surface area contributed by atoms with E-state index in [1.807, 2.05) is 34.6 Å². The Morgan fingerprint density at radius 1 is 1.30 bits per heavy atom. The number of likely N-dealkylation sites (tertiary alicyclic amines) is 1. The van der Waals surface area contributed by atoms with Gasteiger partial charge in [0, 0.05) is 18.0 Å². The van der Waals surface area contributed by atoms with Gasteiger partial charge < -0.3 is 4.90 Å². The zero-order valence-electron chi connectivity index (χ0n) is 13.8. The molecule has 0 spiro atoms. The van der Waals surface area contributed by atoms with E-state index in [1.165, 1.54) is 12.0 Å². The van der Waals surface area contributed by atoms with E-state index >= 15 is 0 Å². The minimum Gasteiger partial charge on any atom is -0.338 e. The van der Waals surface area contributed by atoms with Crippen LogP contribution in [-0.4, -0.2) is 23.9 Å². The Labute approximate surface area is 142 Å². The van der Waals surface area contributed by atoms with Gasteiger partial charge in [-0.3, -0.25) is 4.79 Å². The maximum absolute atomic E-state index is 13.1. The van der Waals surface area contributed by atoms with Gasteiger partial charge in [-0.15, -0.1) is 11.3 Å². The summed E-state index contributed by atoms with van der Waals surface area (Å²) in [5.74, 6) is 0.761. The largest absolute Gasteiger partial charge is 0.338 e. The number of amides is 1. The van der Waals surface area contributed by atoms with Crippen LogP contribution in [0.2, 0.25) is 0 Å². The van der Waals surface area contributed by atoms with Gasteiger partial charge in [-0.25, -0.2) is 0 Å². The molecule has 1 aromatic heterocycles. The second-order valence-electron chi connectivity index (χ2n) is 6.45. The van der Waals surface area contributed by atoms with Gasteiger partial charge in [0.25, 0.3) is 5.91 Å². The third kappa shape index (κ3) is 3.91. The first-order valence-corrected chi connectivity index (χ1v) is 9.13. The normalized spacial score (nSPS) is 19.0. The average molecular weight is 325 g/mol. The van der Waals surface area contributed by atoms with E-state index in [2.05, 4.69) is 32.0 Å². The molecule has 1 aliphatic heterocycles. The van der Waals surface area contributed by atoms with Gasteiger partial charge in [-0.05, 0) is 48.8 Å². The van der Waals surface area contributed by atoms with Crippen molar-refractivity contribution in [3.8, 4) is 0 Å². The fourth-order valence-electron chi connectivity index (χ4n) is 3.14. The summed E-state index contributed by atoms with van der Waals surface area (Å²) in [6, 6.07) is 12.4. The molecule has 3 rings (SSSR count). The van der Waals surface area contributed by atoms with Crippen LogP contribution in [0.3, 0.4) is 0 Å². The maximum atomic E-state index is 13.1. The van der Waals surface area contributed by atoms with E-state index in [4.69, 9.17) is 0 Å². The summed E-state index contributed by atoms with van der Waals surface area (Å²) in [6.07, 6.45) is 4.37. The number of carbonyl (C=O) groups is 1. The molecule has 0 radical (unpaired) electrons. The maximum Gasteiger partial charge on any atom is 0.255 e. The zero-order valence-corrected chi connectivity index (χ0v) is 14.6. The lowest BCUT2D eigenvalue weighted by Crippen LogP contribution is -2.39. The Balaban J connectivity index is 1.94. The number of carbonyl (C=O) groups excluding carboxylic acids is 1. The topological polar surface area (TPSA) is 20.3 Å². The Hall–Kier alpha value is -1.87. The number of benzene rings is 1. The molecule has 1 aliphatic rings. The number of rotatable bonds is 3. The summed E-state index contributed by atoms with van der Waals surface area (Å²) in [7, 11) is 0. The highest BCUT2D eigenvalue weighted by atomic mass is 32.1. The average Bonchev–Trinajstić information content (AvgIpc) is 3.06. The van der Waals surface area contributed by atoms with Crippen molar-refractivity contribution in [3.63, 3.8) is 0 Å². The summed E-state index contributed by atoms with van der Waals surface area (Å²) in [5, 5.41) is 2.03. The van der Waals surface area contributed by atoms with Crippen LogP contribution in [0, 0.1) is 12.8 Å². The molecule has 0 saturated carbocycles. The van der Waals surface area contributed by atoms with Crippen LogP contribution >= 0.6 is 11.3 Å². The predicted molar refractivity (Wildman–Crippen MR) is 98.3 cm³/mol. The van der Waals surface area contributed by atoms with Crippen LogP contribution in [0.1, 0.15) is 35.8 Å². The lowest BCUT2D eigenvalue weighted by Gasteiger charge is -2.31. The van der Waals surface area contributed by atoms with Crippen molar-refractivity contribution in [2.45, 2.75) is 26.7 Å². The molecule has 1 amide bonds. The number of thiophene rings is 1. The van der Waals surface area contributed by atoms with E-state index in [0.717, 1.165) is 35.5 Å². The summed E-state index contributed by atoms with van der Waals surface area (Å²) < 4.78 is 0. The first kappa shape index (κ1) is 16.0. The lowest BCUT2D eigenvalue weighted by atomic mass is 9.98. The van der Waals surface area contributed by atoms with Crippen LogP contribution in [0.4, 0.5) is 0 Å². The molecule has 0 unspecified atom stereocenters. The summed E-state index contributed by atoms with van der Waals surface area (Å²) in [5.41, 5.74) is 3.12. The monoisotopic (exact) mass is 325 g/mol. The van der Waals surface area contributed by atoms with Crippen molar-refractivity contribution in [2.24, 2.45) is 5.92 Å². The van der Waals surface area contributed by atoms with Gasteiger partial charge in [0.1, 0.15) is 0 Å². The number of nitrogens with zero attached hydrogens (tertiary/aromatic N) is 1. The van der Waals surface area contributed by atoms with Crippen LogP contribution < -0.4 is 0 Å². The van der Waals surface area contributed by atoms with E-state index in [-0.39, 0.29) is 5.91 Å². The van der Waals surface area contributed by atoms with Gasteiger partial charge in [0.15, 0.2) is 0 Å².